The standard InChI is InChI=1S/C24H30N2O2S/c1-15(2)17-8-10-18(11-9-17)24-21-7-5-6-20(21)22-14-19(12-13-23(22)25-24)29(27,28)26-16(3)4/h5-6,8-16,20-21,24-26H,7H2,1-4H3. The molecule has 0 saturated carbocycles. The molecular weight excluding hydrogens is 380 g/mol. The van der Waals surface area contributed by atoms with Crippen molar-refractivity contribution < 1.29 is 8.42 Å². The zero-order valence-electron chi connectivity index (χ0n) is 17.5. The normalized spacial score (nSPS) is 23.2. The highest BCUT2D eigenvalue weighted by Gasteiger charge is 2.38. The van der Waals surface area contributed by atoms with Crippen molar-refractivity contribution in [3.05, 3.63) is 71.3 Å². The molecule has 4 rings (SSSR count). The van der Waals surface area contributed by atoms with Gasteiger partial charge in [-0.15, -0.1) is 0 Å². The van der Waals surface area contributed by atoms with Crippen molar-refractivity contribution in [2.45, 2.75) is 62.9 Å². The van der Waals surface area contributed by atoms with E-state index in [0.717, 1.165) is 17.7 Å². The fraction of sp³-hybridized carbons (Fsp3) is 0.417. The van der Waals surface area contributed by atoms with E-state index in [4.69, 9.17) is 0 Å². The highest BCUT2D eigenvalue weighted by atomic mass is 32.2. The van der Waals surface area contributed by atoms with E-state index in [1.165, 1.54) is 11.1 Å². The number of fused-ring (bicyclic) bond motifs is 3. The Labute approximate surface area is 174 Å². The van der Waals surface area contributed by atoms with Gasteiger partial charge in [-0.3, -0.25) is 0 Å². The summed E-state index contributed by atoms with van der Waals surface area (Å²) < 4.78 is 28.0. The fourth-order valence-electron chi connectivity index (χ4n) is 4.54. The summed E-state index contributed by atoms with van der Waals surface area (Å²) >= 11 is 0. The third kappa shape index (κ3) is 3.86. The third-order valence-corrected chi connectivity index (χ3v) is 7.65. The van der Waals surface area contributed by atoms with E-state index >= 15 is 0 Å². The average molecular weight is 411 g/mol. The van der Waals surface area contributed by atoms with Gasteiger partial charge in [-0.1, -0.05) is 50.3 Å². The van der Waals surface area contributed by atoms with Gasteiger partial charge in [0.15, 0.2) is 0 Å². The molecule has 2 aliphatic rings. The van der Waals surface area contributed by atoms with Crippen molar-refractivity contribution in [1.82, 2.24) is 4.72 Å². The molecule has 1 aliphatic carbocycles. The molecule has 3 atom stereocenters. The molecule has 1 heterocycles. The SMILES string of the molecule is CC(C)NS(=O)(=O)c1ccc2c(c1)C1C=CCC1C(c1ccc(C(C)C)cc1)N2. The van der Waals surface area contributed by atoms with E-state index in [-0.39, 0.29) is 18.0 Å². The van der Waals surface area contributed by atoms with Crippen molar-refractivity contribution in [2.24, 2.45) is 5.92 Å². The molecule has 0 spiro atoms. The number of nitrogens with one attached hydrogen (secondary N) is 2. The fourth-order valence-corrected chi connectivity index (χ4v) is 5.82. The minimum atomic E-state index is -3.50. The van der Waals surface area contributed by atoms with Gasteiger partial charge in [-0.05, 0) is 67.0 Å². The number of hydrogen-bond acceptors (Lipinski definition) is 3. The third-order valence-electron chi connectivity index (χ3n) is 6.00. The van der Waals surface area contributed by atoms with Crippen molar-refractivity contribution in [2.75, 3.05) is 5.32 Å². The second kappa shape index (κ2) is 7.62. The summed E-state index contributed by atoms with van der Waals surface area (Å²) in [4.78, 5) is 0.338. The Hall–Kier alpha value is -2.11. The number of allylic oxidation sites excluding steroid dienone is 2. The Kier molecular flexibility index (Phi) is 5.30. The lowest BCUT2D eigenvalue weighted by Crippen LogP contribution is -2.31. The van der Waals surface area contributed by atoms with Gasteiger partial charge in [0, 0.05) is 17.6 Å². The van der Waals surface area contributed by atoms with Gasteiger partial charge in [0.1, 0.15) is 0 Å². The molecule has 2 aromatic rings. The van der Waals surface area contributed by atoms with Gasteiger partial charge in [0.2, 0.25) is 10.0 Å². The van der Waals surface area contributed by atoms with E-state index in [1.54, 1.807) is 6.07 Å². The van der Waals surface area contributed by atoms with Gasteiger partial charge in [-0.2, -0.15) is 0 Å². The molecule has 5 heteroatoms. The van der Waals surface area contributed by atoms with Crippen LogP contribution in [0.3, 0.4) is 0 Å². The van der Waals surface area contributed by atoms with E-state index in [9.17, 15) is 8.42 Å². The van der Waals surface area contributed by atoms with Gasteiger partial charge >= 0.3 is 0 Å². The van der Waals surface area contributed by atoms with Crippen LogP contribution < -0.4 is 10.0 Å². The second-order valence-corrected chi connectivity index (χ2v) is 10.5. The van der Waals surface area contributed by atoms with Crippen LogP contribution in [0.4, 0.5) is 5.69 Å². The largest absolute Gasteiger partial charge is 0.378 e. The Morgan fingerprint density at radius 2 is 1.76 bits per heavy atom. The van der Waals surface area contributed by atoms with Crippen molar-refractivity contribution in [3.63, 3.8) is 0 Å². The molecule has 0 fully saturated rings. The summed E-state index contributed by atoms with van der Waals surface area (Å²) in [5.41, 5.74) is 4.74. The number of anilines is 1. The van der Waals surface area contributed by atoms with Crippen LogP contribution >= 0.6 is 0 Å². The highest BCUT2D eigenvalue weighted by molar-refractivity contribution is 7.89. The van der Waals surface area contributed by atoms with E-state index < -0.39 is 10.0 Å². The van der Waals surface area contributed by atoms with Gasteiger partial charge in [0.05, 0.1) is 10.9 Å². The summed E-state index contributed by atoms with van der Waals surface area (Å²) in [5.74, 6) is 1.14. The second-order valence-electron chi connectivity index (χ2n) is 8.82. The number of sulfonamides is 1. The first-order chi connectivity index (χ1) is 13.8. The molecule has 0 saturated heterocycles. The highest BCUT2D eigenvalue weighted by Crippen LogP contribution is 2.50. The molecule has 154 valence electrons. The molecule has 29 heavy (non-hydrogen) atoms. The maximum atomic E-state index is 12.6. The zero-order valence-corrected chi connectivity index (χ0v) is 18.3. The van der Waals surface area contributed by atoms with E-state index in [1.807, 2.05) is 26.0 Å². The Morgan fingerprint density at radius 3 is 2.41 bits per heavy atom. The first-order valence-electron chi connectivity index (χ1n) is 10.5. The van der Waals surface area contributed by atoms with Crippen LogP contribution in [0.1, 0.15) is 68.7 Å². The lowest BCUT2D eigenvalue weighted by Gasteiger charge is -2.38. The molecule has 0 radical (unpaired) electrons. The van der Waals surface area contributed by atoms with Crippen LogP contribution in [0.5, 0.6) is 0 Å². The first kappa shape index (κ1) is 20.2. The van der Waals surface area contributed by atoms with Gasteiger partial charge in [0.25, 0.3) is 0 Å². The van der Waals surface area contributed by atoms with Gasteiger partial charge in [-0.25, -0.2) is 13.1 Å². The van der Waals surface area contributed by atoms with Crippen LogP contribution in [-0.4, -0.2) is 14.5 Å². The zero-order chi connectivity index (χ0) is 20.8. The van der Waals surface area contributed by atoms with Crippen LogP contribution in [0.15, 0.2) is 59.5 Å². The summed E-state index contributed by atoms with van der Waals surface area (Å²) in [6.45, 7) is 8.09. The topological polar surface area (TPSA) is 58.2 Å². The molecule has 2 aromatic carbocycles. The van der Waals surface area contributed by atoms with Crippen molar-refractivity contribution in [1.29, 1.82) is 0 Å². The Bertz CT molecular complexity index is 1020. The molecule has 4 nitrogen and oxygen atoms in total. The maximum Gasteiger partial charge on any atom is 0.240 e. The summed E-state index contributed by atoms with van der Waals surface area (Å²) in [5, 5.41) is 3.70. The quantitative estimate of drug-likeness (QED) is 0.656. The maximum absolute atomic E-state index is 12.6. The molecule has 2 N–H and O–H groups in total. The number of benzene rings is 2. The molecule has 1 aliphatic heterocycles. The Balaban J connectivity index is 1.69. The minimum Gasteiger partial charge on any atom is -0.378 e. The lowest BCUT2D eigenvalue weighted by atomic mass is 9.77. The van der Waals surface area contributed by atoms with Crippen LogP contribution in [-0.2, 0) is 10.0 Å². The van der Waals surface area contributed by atoms with Crippen LogP contribution in [0.25, 0.3) is 0 Å². The lowest BCUT2D eigenvalue weighted by molar-refractivity contribution is 0.425. The molecule has 0 aromatic heterocycles. The number of hydrogen-bond donors (Lipinski definition) is 2. The molecular formula is C24H30N2O2S. The summed E-state index contributed by atoms with van der Waals surface area (Å²) in [7, 11) is -3.50. The molecule has 3 unspecified atom stereocenters. The van der Waals surface area contributed by atoms with Crippen molar-refractivity contribution >= 4 is 15.7 Å². The average Bonchev–Trinajstić information content (AvgIpc) is 3.16. The molecule has 0 bridgehead atoms. The summed E-state index contributed by atoms with van der Waals surface area (Å²) in [6, 6.07) is 14.5. The predicted molar refractivity (Wildman–Crippen MR) is 119 cm³/mol. The van der Waals surface area contributed by atoms with Gasteiger partial charge < -0.3 is 5.32 Å². The smallest absolute Gasteiger partial charge is 0.240 e. The van der Waals surface area contributed by atoms with E-state index in [2.05, 4.69) is 60.3 Å². The number of rotatable bonds is 5. The Morgan fingerprint density at radius 1 is 1.03 bits per heavy atom. The van der Waals surface area contributed by atoms with Crippen molar-refractivity contribution in [3.8, 4) is 0 Å². The monoisotopic (exact) mass is 410 g/mol. The summed E-state index contributed by atoms with van der Waals surface area (Å²) in [6.07, 6.45) is 5.47. The first-order valence-corrected chi connectivity index (χ1v) is 11.9. The predicted octanol–water partition coefficient (Wildman–Crippen LogP) is 5.32. The molecule has 0 amide bonds. The van der Waals surface area contributed by atoms with Crippen LogP contribution in [0, 0.1) is 5.92 Å². The minimum absolute atomic E-state index is 0.133. The van der Waals surface area contributed by atoms with Crippen LogP contribution in [0.2, 0.25) is 0 Å². The van der Waals surface area contributed by atoms with E-state index in [0.29, 0.717) is 16.7 Å².